The molecule has 0 radical (unpaired) electrons. The first-order valence-electron chi connectivity index (χ1n) is 11.4. The van der Waals surface area contributed by atoms with Crippen molar-refractivity contribution in [3.05, 3.63) is 69.6 Å². The van der Waals surface area contributed by atoms with E-state index in [2.05, 4.69) is 17.1 Å². The number of carbonyl (C=O) groups is 1. The number of anilines is 1. The molecule has 0 saturated carbocycles. The number of aryl methyl sites for hydroxylation is 1. The number of piperidine rings is 1. The minimum atomic E-state index is -0.651. The number of carbonyl (C=O) groups excluding carboxylic acids is 1. The molecule has 1 aromatic heterocycles. The Kier molecular flexibility index (Phi) is 6.90. The lowest BCUT2D eigenvalue weighted by atomic mass is 10.0. The van der Waals surface area contributed by atoms with Crippen LogP contribution in [0.5, 0.6) is 5.75 Å². The Hall–Kier alpha value is -3.12. The van der Waals surface area contributed by atoms with Gasteiger partial charge >= 0.3 is 5.63 Å². The van der Waals surface area contributed by atoms with Gasteiger partial charge in [-0.3, -0.25) is 9.69 Å². The van der Waals surface area contributed by atoms with Gasteiger partial charge in [0, 0.05) is 23.2 Å². The molecule has 1 amide bonds. The molecular formula is C26H30N2O4. The number of rotatable bonds is 7. The van der Waals surface area contributed by atoms with E-state index in [0.717, 1.165) is 38.0 Å². The Morgan fingerprint density at radius 3 is 2.53 bits per heavy atom. The molecule has 1 fully saturated rings. The fourth-order valence-corrected chi connectivity index (χ4v) is 4.33. The van der Waals surface area contributed by atoms with E-state index in [1.807, 2.05) is 36.4 Å². The zero-order chi connectivity index (χ0) is 22.5. The molecule has 0 aliphatic carbocycles. The summed E-state index contributed by atoms with van der Waals surface area (Å²) in [6, 6.07) is 13.1. The molecule has 4 rings (SSSR count). The lowest BCUT2D eigenvalue weighted by Crippen LogP contribution is -2.29. The smallest absolute Gasteiger partial charge is 0.349 e. The van der Waals surface area contributed by atoms with Gasteiger partial charge in [0.2, 0.25) is 0 Å². The Morgan fingerprint density at radius 2 is 1.84 bits per heavy atom. The molecule has 0 bridgehead atoms. The maximum atomic E-state index is 12.8. The topological polar surface area (TPSA) is 71.8 Å². The predicted octanol–water partition coefficient (Wildman–Crippen LogP) is 4.99. The SMILES string of the molecule is CCCc1c(OC)ccc2cc(C(=O)Nc3ccc(CN4CCCCC4)cc3)c(=O)oc12. The van der Waals surface area contributed by atoms with Gasteiger partial charge in [0.05, 0.1) is 7.11 Å². The fourth-order valence-electron chi connectivity index (χ4n) is 4.33. The van der Waals surface area contributed by atoms with Crippen LogP contribution in [0, 0.1) is 0 Å². The number of ether oxygens (including phenoxy) is 1. The van der Waals surface area contributed by atoms with Crippen LogP contribution in [-0.4, -0.2) is 31.0 Å². The van der Waals surface area contributed by atoms with Crippen LogP contribution >= 0.6 is 0 Å². The number of likely N-dealkylation sites (tertiary alicyclic amines) is 1. The molecule has 1 saturated heterocycles. The van der Waals surface area contributed by atoms with E-state index < -0.39 is 11.5 Å². The summed E-state index contributed by atoms with van der Waals surface area (Å²) < 4.78 is 11.0. The van der Waals surface area contributed by atoms with Crippen LogP contribution < -0.4 is 15.7 Å². The third-order valence-electron chi connectivity index (χ3n) is 5.99. The predicted molar refractivity (Wildman–Crippen MR) is 127 cm³/mol. The van der Waals surface area contributed by atoms with Crippen molar-refractivity contribution >= 4 is 22.6 Å². The van der Waals surface area contributed by atoms with Crippen molar-refractivity contribution < 1.29 is 13.9 Å². The average molecular weight is 435 g/mol. The van der Waals surface area contributed by atoms with Crippen molar-refractivity contribution in [1.29, 1.82) is 0 Å². The molecule has 0 atom stereocenters. The first-order chi connectivity index (χ1) is 15.6. The molecule has 2 aromatic carbocycles. The van der Waals surface area contributed by atoms with Crippen LogP contribution in [0.1, 0.15) is 54.1 Å². The number of nitrogens with zero attached hydrogens (tertiary/aromatic N) is 1. The van der Waals surface area contributed by atoms with Crippen molar-refractivity contribution in [2.45, 2.75) is 45.6 Å². The van der Waals surface area contributed by atoms with E-state index >= 15 is 0 Å². The first kappa shape index (κ1) is 22.1. The number of amides is 1. The van der Waals surface area contributed by atoms with Crippen molar-refractivity contribution in [3.8, 4) is 5.75 Å². The molecule has 0 unspecified atom stereocenters. The zero-order valence-corrected chi connectivity index (χ0v) is 18.8. The molecule has 1 N–H and O–H groups in total. The third kappa shape index (κ3) is 4.86. The highest BCUT2D eigenvalue weighted by molar-refractivity contribution is 6.05. The highest BCUT2D eigenvalue weighted by Crippen LogP contribution is 2.29. The van der Waals surface area contributed by atoms with Crippen molar-refractivity contribution in [1.82, 2.24) is 4.90 Å². The molecule has 6 heteroatoms. The molecule has 32 heavy (non-hydrogen) atoms. The van der Waals surface area contributed by atoms with Crippen LogP contribution in [0.4, 0.5) is 5.69 Å². The van der Waals surface area contributed by atoms with E-state index in [4.69, 9.17) is 9.15 Å². The summed E-state index contributed by atoms with van der Waals surface area (Å²) in [6.45, 7) is 5.26. The zero-order valence-electron chi connectivity index (χ0n) is 18.8. The number of methoxy groups -OCH3 is 1. The van der Waals surface area contributed by atoms with Gasteiger partial charge in [-0.05, 0) is 68.2 Å². The van der Waals surface area contributed by atoms with Crippen LogP contribution in [0.3, 0.4) is 0 Å². The van der Waals surface area contributed by atoms with Crippen LogP contribution in [0.25, 0.3) is 11.0 Å². The Morgan fingerprint density at radius 1 is 1.09 bits per heavy atom. The molecule has 1 aliphatic rings. The maximum absolute atomic E-state index is 12.8. The van der Waals surface area contributed by atoms with Gasteiger partial charge in [-0.25, -0.2) is 4.79 Å². The number of fused-ring (bicyclic) bond motifs is 1. The van der Waals surface area contributed by atoms with E-state index in [1.165, 1.54) is 24.8 Å². The van der Waals surface area contributed by atoms with Crippen LogP contribution in [0.2, 0.25) is 0 Å². The van der Waals surface area contributed by atoms with Crippen LogP contribution in [0.15, 0.2) is 51.7 Å². The number of hydrogen-bond acceptors (Lipinski definition) is 5. The van der Waals surface area contributed by atoms with Gasteiger partial charge in [0.15, 0.2) is 0 Å². The Balaban J connectivity index is 1.52. The van der Waals surface area contributed by atoms with Gasteiger partial charge in [-0.15, -0.1) is 0 Å². The second-order valence-corrected chi connectivity index (χ2v) is 8.35. The molecule has 1 aliphatic heterocycles. The largest absolute Gasteiger partial charge is 0.496 e. The van der Waals surface area contributed by atoms with Gasteiger partial charge in [-0.2, -0.15) is 0 Å². The summed E-state index contributed by atoms with van der Waals surface area (Å²) in [4.78, 5) is 27.9. The number of nitrogens with one attached hydrogen (secondary N) is 1. The van der Waals surface area contributed by atoms with E-state index in [1.54, 1.807) is 13.2 Å². The van der Waals surface area contributed by atoms with Crippen molar-refractivity contribution in [2.75, 3.05) is 25.5 Å². The summed E-state index contributed by atoms with van der Waals surface area (Å²) in [6.07, 6.45) is 5.44. The molecule has 6 nitrogen and oxygen atoms in total. The van der Waals surface area contributed by atoms with E-state index in [9.17, 15) is 9.59 Å². The third-order valence-corrected chi connectivity index (χ3v) is 5.99. The summed E-state index contributed by atoms with van der Waals surface area (Å²) in [5.41, 5.74) is 2.53. The number of hydrogen-bond donors (Lipinski definition) is 1. The molecular weight excluding hydrogens is 404 g/mol. The van der Waals surface area contributed by atoms with Gasteiger partial charge in [0.1, 0.15) is 16.9 Å². The number of benzene rings is 2. The average Bonchev–Trinajstić information content (AvgIpc) is 2.81. The molecule has 3 aromatic rings. The first-order valence-corrected chi connectivity index (χ1v) is 11.4. The molecule has 2 heterocycles. The summed E-state index contributed by atoms with van der Waals surface area (Å²) in [5, 5.41) is 3.52. The quantitative estimate of drug-likeness (QED) is 0.530. The van der Waals surface area contributed by atoms with Crippen LogP contribution in [-0.2, 0) is 13.0 Å². The minimum Gasteiger partial charge on any atom is -0.496 e. The summed E-state index contributed by atoms with van der Waals surface area (Å²) in [5.74, 6) is 0.210. The Labute approximate surface area is 188 Å². The monoisotopic (exact) mass is 434 g/mol. The highest BCUT2D eigenvalue weighted by Gasteiger charge is 2.18. The van der Waals surface area contributed by atoms with E-state index in [0.29, 0.717) is 22.4 Å². The second-order valence-electron chi connectivity index (χ2n) is 8.35. The second kappa shape index (κ2) is 10.0. The maximum Gasteiger partial charge on any atom is 0.349 e. The standard InChI is InChI=1S/C26H30N2O4/c1-3-7-21-23(31-2)13-10-19-16-22(26(30)32-24(19)21)25(29)27-20-11-8-18(9-12-20)17-28-14-5-4-6-15-28/h8-13,16H,3-7,14-15,17H2,1-2H3,(H,27,29). The van der Waals surface area contributed by atoms with Gasteiger partial charge in [-0.1, -0.05) is 31.9 Å². The molecule has 0 spiro atoms. The Bertz CT molecular complexity index is 1140. The normalized spacial score (nSPS) is 14.4. The van der Waals surface area contributed by atoms with Gasteiger partial charge < -0.3 is 14.5 Å². The summed E-state index contributed by atoms with van der Waals surface area (Å²) in [7, 11) is 1.60. The fraction of sp³-hybridized carbons (Fsp3) is 0.385. The summed E-state index contributed by atoms with van der Waals surface area (Å²) >= 11 is 0. The van der Waals surface area contributed by atoms with Gasteiger partial charge in [0.25, 0.3) is 5.91 Å². The van der Waals surface area contributed by atoms with Crippen molar-refractivity contribution in [2.24, 2.45) is 0 Å². The molecule has 168 valence electrons. The lowest BCUT2D eigenvalue weighted by Gasteiger charge is -2.26. The minimum absolute atomic E-state index is 0.0116. The van der Waals surface area contributed by atoms with Crippen molar-refractivity contribution in [3.63, 3.8) is 0 Å². The lowest BCUT2D eigenvalue weighted by molar-refractivity contribution is 0.102. The highest BCUT2D eigenvalue weighted by atomic mass is 16.5. The van der Waals surface area contributed by atoms with E-state index in [-0.39, 0.29) is 5.56 Å².